The summed E-state index contributed by atoms with van der Waals surface area (Å²) in [5.41, 5.74) is 4.90. The van der Waals surface area contributed by atoms with Gasteiger partial charge in [0.15, 0.2) is 0 Å². The minimum atomic E-state index is 0.754. The number of thioether (sulfide) groups is 1. The Morgan fingerprint density at radius 3 is 3.05 bits per heavy atom. The molecule has 0 amide bonds. The van der Waals surface area contributed by atoms with Crippen molar-refractivity contribution in [3.05, 3.63) is 40.0 Å². The van der Waals surface area contributed by atoms with Crippen molar-refractivity contribution in [3.8, 4) is 5.69 Å². The molecule has 1 aliphatic rings. The first-order valence-electron chi connectivity index (χ1n) is 7.81. The summed E-state index contributed by atoms with van der Waals surface area (Å²) in [6.45, 7) is 3.12. The van der Waals surface area contributed by atoms with Crippen molar-refractivity contribution in [2.75, 3.05) is 23.9 Å². The van der Waals surface area contributed by atoms with Crippen molar-refractivity contribution in [3.63, 3.8) is 0 Å². The molecule has 2 heterocycles. The van der Waals surface area contributed by atoms with Crippen LogP contribution in [-0.2, 0) is 12.8 Å². The van der Waals surface area contributed by atoms with Crippen molar-refractivity contribution in [2.45, 2.75) is 32.6 Å². The largest absolute Gasteiger partial charge is 0.370 e. The summed E-state index contributed by atoms with van der Waals surface area (Å²) in [5.74, 6) is 2.27. The van der Waals surface area contributed by atoms with Gasteiger partial charge < -0.3 is 5.32 Å². The van der Waals surface area contributed by atoms with Crippen LogP contribution in [0.2, 0.25) is 5.02 Å². The van der Waals surface area contributed by atoms with Gasteiger partial charge in [-0.05, 0) is 55.9 Å². The zero-order chi connectivity index (χ0) is 15.5. The highest BCUT2D eigenvalue weighted by Crippen LogP contribution is 2.30. The van der Waals surface area contributed by atoms with E-state index in [-0.39, 0.29) is 0 Å². The monoisotopic (exact) mass is 335 g/mol. The molecule has 1 aromatic heterocycles. The van der Waals surface area contributed by atoms with Crippen molar-refractivity contribution in [2.24, 2.45) is 0 Å². The van der Waals surface area contributed by atoms with E-state index in [9.17, 15) is 0 Å². The lowest BCUT2D eigenvalue weighted by molar-refractivity contribution is 0.765. The van der Waals surface area contributed by atoms with Crippen LogP contribution < -0.4 is 5.32 Å². The van der Waals surface area contributed by atoms with E-state index in [1.54, 1.807) is 0 Å². The fraction of sp³-hybridized carbons (Fsp3) is 0.471. The van der Waals surface area contributed by atoms with E-state index in [2.05, 4.69) is 29.2 Å². The summed E-state index contributed by atoms with van der Waals surface area (Å²) in [5, 5.41) is 9.27. The van der Waals surface area contributed by atoms with Crippen LogP contribution in [0.3, 0.4) is 0 Å². The van der Waals surface area contributed by atoms with Gasteiger partial charge in [-0.25, -0.2) is 4.68 Å². The van der Waals surface area contributed by atoms with Gasteiger partial charge in [0.2, 0.25) is 0 Å². The standard InChI is InChI=1S/C17H22ClN3S/c1-12-6-7-13(18)11-16(12)21-17-14(5-3-4-9-19-17)15(20-21)8-10-22-2/h6-7,11,19H,3-5,8-10H2,1-2H3. The molecule has 118 valence electrons. The number of anilines is 1. The number of fused-ring (bicyclic) bond motifs is 1. The molecule has 1 N–H and O–H groups in total. The Bertz CT molecular complexity index is 666. The summed E-state index contributed by atoms with van der Waals surface area (Å²) in [4.78, 5) is 0. The molecule has 0 spiro atoms. The highest BCUT2D eigenvalue weighted by molar-refractivity contribution is 7.98. The van der Waals surface area contributed by atoms with Crippen LogP contribution in [0.25, 0.3) is 5.69 Å². The van der Waals surface area contributed by atoms with Crippen LogP contribution in [0.4, 0.5) is 5.82 Å². The van der Waals surface area contributed by atoms with Gasteiger partial charge in [0.1, 0.15) is 5.82 Å². The van der Waals surface area contributed by atoms with Crippen LogP contribution in [0, 0.1) is 6.92 Å². The number of hydrogen-bond donors (Lipinski definition) is 1. The third-order valence-electron chi connectivity index (χ3n) is 4.16. The van der Waals surface area contributed by atoms with Crippen molar-refractivity contribution >= 4 is 29.2 Å². The van der Waals surface area contributed by atoms with E-state index >= 15 is 0 Å². The molecule has 1 aliphatic heterocycles. The van der Waals surface area contributed by atoms with Gasteiger partial charge in [-0.15, -0.1) is 0 Å². The van der Waals surface area contributed by atoms with Crippen LogP contribution in [0.5, 0.6) is 0 Å². The van der Waals surface area contributed by atoms with Gasteiger partial charge in [-0.1, -0.05) is 17.7 Å². The molecule has 2 aromatic rings. The third kappa shape index (κ3) is 3.13. The lowest BCUT2D eigenvalue weighted by Crippen LogP contribution is -2.08. The molecule has 0 saturated carbocycles. The summed E-state index contributed by atoms with van der Waals surface area (Å²) in [6, 6.07) is 6.00. The maximum Gasteiger partial charge on any atom is 0.133 e. The zero-order valence-corrected chi connectivity index (χ0v) is 14.7. The minimum Gasteiger partial charge on any atom is -0.370 e. The van der Waals surface area contributed by atoms with Crippen LogP contribution in [0.1, 0.15) is 29.7 Å². The van der Waals surface area contributed by atoms with Gasteiger partial charge >= 0.3 is 0 Å². The average Bonchev–Trinajstić information content (AvgIpc) is 2.70. The molecule has 1 aromatic carbocycles. The molecular weight excluding hydrogens is 314 g/mol. The number of rotatable bonds is 4. The summed E-state index contributed by atoms with van der Waals surface area (Å²) >= 11 is 8.08. The van der Waals surface area contributed by atoms with Gasteiger partial charge in [-0.3, -0.25) is 0 Å². The number of aryl methyl sites for hydroxylation is 2. The Labute approximate surface area is 141 Å². The first-order valence-corrected chi connectivity index (χ1v) is 9.58. The Hall–Kier alpha value is -1.13. The second-order valence-corrected chi connectivity index (χ2v) is 7.17. The Kier molecular flexibility index (Phi) is 4.99. The van der Waals surface area contributed by atoms with E-state index in [0.717, 1.165) is 35.8 Å². The van der Waals surface area contributed by atoms with Gasteiger partial charge in [0.05, 0.1) is 11.4 Å². The predicted molar refractivity (Wildman–Crippen MR) is 96.8 cm³/mol. The Morgan fingerprint density at radius 1 is 1.36 bits per heavy atom. The van der Waals surface area contributed by atoms with Crippen molar-refractivity contribution in [1.82, 2.24) is 9.78 Å². The summed E-state index contributed by atoms with van der Waals surface area (Å²) in [7, 11) is 0. The Balaban J connectivity index is 2.10. The van der Waals surface area contributed by atoms with E-state index in [4.69, 9.17) is 16.7 Å². The number of aromatic nitrogens is 2. The molecule has 0 radical (unpaired) electrons. The average molecular weight is 336 g/mol. The minimum absolute atomic E-state index is 0.754. The number of hydrogen-bond acceptors (Lipinski definition) is 3. The third-order valence-corrected chi connectivity index (χ3v) is 5.00. The first kappa shape index (κ1) is 15.8. The summed E-state index contributed by atoms with van der Waals surface area (Å²) < 4.78 is 2.07. The molecule has 3 nitrogen and oxygen atoms in total. The molecule has 0 bridgehead atoms. The normalized spacial score (nSPS) is 14.3. The second-order valence-electron chi connectivity index (χ2n) is 5.74. The molecule has 0 fully saturated rings. The summed E-state index contributed by atoms with van der Waals surface area (Å²) in [6.07, 6.45) is 6.73. The molecule has 5 heteroatoms. The van der Waals surface area contributed by atoms with Gasteiger partial charge in [-0.2, -0.15) is 16.9 Å². The molecule has 0 atom stereocenters. The molecule has 3 rings (SSSR count). The number of halogens is 1. The molecule has 0 saturated heterocycles. The zero-order valence-electron chi connectivity index (χ0n) is 13.2. The lowest BCUT2D eigenvalue weighted by atomic mass is 10.1. The van der Waals surface area contributed by atoms with Crippen LogP contribution >= 0.6 is 23.4 Å². The van der Waals surface area contributed by atoms with Gasteiger partial charge in [0, 0.05) is 23.6 Å². The quantitative estimate of drug-likeness (QED) is 0.892. The maximum absolute atomic E-state index is 6.21. The van der Waals surface area contributed by atoms with Crippen LogP contribution in [0.15, 0.2) is 18.2 Å². The molecule has 22 heavy (non-hydrogen) atoms. The topological polar surface area (TPSA) is 29.9 Å². The smallest absolute Gasteiger partial charge is 0.133 e. The van der Waals surface area contributed by atoms with Crippen LogP contribution in [-0.4, -0.2) is 28.3 Å². The van der Waals surface area contributed by atoms with Gasteiger partial charge in [0.25, 0.3) is 0 Å². The lowest BCUT2D eigenvalue weighted by Gasteiger charge is -2.12. The maximum atomic E-state index is 6.21. The highest BCUT2D eigenvalue weighted by Gasteiger charge is 2.21. The van der Waals surface area contributed by atoms with E-state index in [0.29, 0.717) is 0 Å². The highest BCUT2D eigenvalue weighted by atomic mass is 35.5. The van der Waals surface area contributed by atoms with E-state index in [1.165, 1.54) is 35.5 Å². The Morgan fingerprint density at radius 2 is 2.23 bits per heavy atom. The van der Waals surface area contributed by atoms with Crippen molar-refractivity contribution < 1.29 is 0 Å². The number of nitrogens with one attached hydrogen (secondary N) is 1. The first-order chi connectivity index (χ1) is 10.7. The predicted octanol–water partition coefficient (Wildman–Crippen LogP) is 4.49. The van der Waals surface area contributed by atoms with E-state index < -0.39 is 0 Å². The molecule has 0 aliphatic carbocycles. The number of nitrogens with zero attached hydrogens (tertiary/aromatic N) is 2. The SMILES string of the molecule is CSCCc1nn(-c2cc(Cl)ccc2C)c2c1CCCCN2. The fourth-order valence-electron chi connectivity index (χ4n) is 2.96. The van der Waals surface area contributed by atoms with Crippen molar-refractivity contribution in [1.29, 1.82) is 0 Å². The molecular formula is C17H22ClN3S. The fourth-order valence-corrected chi connectivity index (χ4v) is 3.52. The number of benzene rings is 1. The second kappa shape index (κ2) is 6.97. The molecule has 0 unspecified atom stereocenters. The van der Waals surface area contributed by atoms with E-state index in [1.807, 2.05) is 23.9 Å².